The van der Waals surface area contributed by atoms with Gasteiger partial charge in [0.05, 0.1) is 5.92 Å². The van der Waals surface area contributed by atoms with Crippen LogP contribution < -0.4 is 11.1 Å². The molecule has 2 unspecified atom stereocenters. The van der Waals surface area contributed by atoms with Gasteiger partial charge in [0.2, 0.25) is 5.91 Å². The molecule has 12 heavy (non-hydrogen) atoms. The molecule has 1 heterocycles. The van der Waals surface area contributed by atoms with Gasteiger partial charge in [0.25, 0.3) is 0 Å². The summed E-state index contributed by atoms with van der Waals surface area (Å²) in [5.74, 6) is -0.296. The second-order valence-corrected chi connectivity index (χ2v) is 3.51. The fourth-order valence-corrected chi connectivity index (χ4v) is 1.47. The molecular weight excluding hydrogens is 154 g/mol. The van der Waals surface area contributed by atoms with E-state index < -0.39 is 0 Å². The van der Waals surface area contributed by atoms with E-state index in [0.717, 1.165) is 19.6 Å². The summed E-state index contributed by atoms with van der Waals surface area (Å²) < 4.78 is 0. The zero-order valence-corrected chi connectivity index (χ0v) is 7.71. The molecule has 0 spiro atoms. The van der Waals surface area contributed by atoms with Gasteiger partial charge in [-0.1, -0.05) is 6.92 Å². The van der Waals surface area contributed by atoms with Crippen molar-refractivity contribution in [2.45, 2.75) is 13.0 Å². The fraction of sp³-hybridized carbons (Fsp3) is 0.875. The molecule has 1 fully saturated rings. The molecule has 0 saturated carbocycles. The molecule has 4 nitrogen and oxygen atoms in total. The van der Waals surface area contributed by atoms with E-state index in [9.17, 15) is 4.79 Å². The Morgan fingerprint density at radius 1 is 1.75 bits per heavy atom. The zero-order chi connectivity index (χ0) is 9.14. The molecule has 1 aliphatic rings. The molecule has 4 heteroatoms. The van der Waals surface area contributed by atoms with Crippen LogP contribution in [0.4, 0.5) is 0 Å². The van der Waals surface area contributed by atoms with E-state index in [0.29, 0.717) is 0 Å². The molecule has 3 N–H and O–H groups in total. The first-order valence-electron chi connectivity index (χ1n) is 4.32. The van der Waals surface area contributed by atoms with Crippen LogP contribution in [-0.2, 0) is 4.79 Å². The molecule has 0 radical (unpaired) electrons. The average molecular weight is 171 g/mol. The van der Waals surface area contributed by atoms with Crippen molar-refractivity contribution in [3.8, 4) is 0 Å². The monoisotopic (exact) mass is 171 g/mol. The van der Waals surface area contributed by atoms with Gasteiger partial charge < -0.3 is 16.0 Å². The summed E-state index contributed by atoms with van der Waals surface area (Å²) in [7, 11) is 2.06. The maximum absolute atomic E-state index is 10.9. The van der Waals surface area contributed by atoms with Crippen molar-refractivity contribution in [1.29, 1.82) is 0 Å². The van der Waals surface area contributed by atoms with E-state index in [4.69, 9.17) is 5.73 Å². The Kier molecular flexibility index (Phi) is 3.05. The van der Waals surface area contributed by atoms with E-state index >= 15 is 0 Å². The molecule has 1 aliphatic heterocycles. The van der Waals surface area contributed by atoms with Crippen molar-refractivity contribution < 1.29 is 4.79 Å². The summed E-state index contributed by atoms with van der Waals surface area (Å²) in [5, 5.41) is 3.29. The maximum Gasteiger partial charge on any atom is 0.221 e. The van der Waals surface area contributed by atoms with Crippen molar-refractivity contribution >= 4 is 5.91 Å². The van der Waals surface area contributed by atoms with Crippen LogP contribution in [0, 0.1) is 5.92 Å². The normalized spacial score (nSPS) is 28.3. The lowest BCUT2D eigenvalue weighted by atomic mass is 9.99. The third-order valence-electron chi connectivity index (χ3n) is 2.46. The third-order valence-corrected chi connectivity index (χ3v) is 2.46. The minimum atomic E-state index is -0.220. The fourth-order valence-electron chi connectivity index (χ4n) is 1.47. The van der Waals surface area contributed by atoms with Crippen LogP contribution in [0.15, 0.2) is 0 Å². The van der Waals surface area contributed by atoms with Crippen LogP contribution >= 0.6 is 0 Å². The molecule has 70 valence electrons. The standard InChI is InChI=1S/C8H17N3O/c1-6(8(9)12)7-5-11(2)4-3-10-7/h6-7,10H,3-5H2,1-2H3,(H2,9,12). The average Bonchev–Trinajstić information content (AvgIpc) is 2.03. The lowest BCUT2D eigenvalue weighted by Crippen LogP contribution is -2.54. The molecule has 0 aromatic heterocycles. The number of piperazine rings is 1. The first-order chi connectivity index (χ1) is 5.61. The molecule has 2 atom stereocenters. The van der Waals surface area contributed by atoms with Gasteiger partial charge in [0, 0.05) is 25.7 Å². The summed E-state index contributed by atoms with van der Waals surface area (Å²) in [6.45, 7) is 4.77. The van der Waals surface area contributed by atoms with Crippen LogP contribution in [0.5, 0.6) is 0 Å². The number of primary amides is 1. The minimum Gasteiger partial charge on any atom is -0.369 e. The summed E-state index contributed by atoms with van der Waals surface area (Å²) in [5.41, 5.74) is 5.21. The Balaban J connectivity index is 2.45. The molecule has 0 aromatic carbocycles. The largest absolute Gasteiger partial charge is 0.369 e. The SMILES string of the molecule is CC(C(N)=O)C1CN(C)CCN1. The number of nitrogens with two attached hydrogens (primary N) is 1. The molecule has 0 aromatic rings. The Morgan fingerprint density at radius 3 is 2.92 bits per heavy atom. The molecule has 1 amide bonds. The van der Waals surface area contributed by atoms with Gasteiger partial charge >= 0.3 is 0 Å². The Bertz CT molecular complexity index is 172. The van der Waals surface area contributed by atoms with Gasteiger partial charge in [-0.15, -0.1) is 0 Å². The van der Waals surface area contributed by atoms with Gasteiger partial charge in [0.15, 0.2) is 0 Å². The lowest BCUT2D eigenvalue weighted by Gasteiger charge is -2.33. The number of hydrogen-bond donors (Lipinski definition) is 2. The summed E-state index contributed by atoms with van der Waals surface area (Å²) in [4.78, 5) is 13.1. The van der Waals surface area contributed by atoms with Gasteiger partial charge in [-0.25, -0.2) is 0 Å². The van der Waals surface area contributed by atoms with Crippen molar-refractivity contribution in [3.05, 3.63) is 0 Å². The van der Waals surface area contributed by atoms with Crippen LogP contribution in [0.3, 0.4) is 0 Å². The molecule has 0 aliphatic carbocycles. The molecule has 1 rings (SSSR count). The second kappa shape index (κ2) is 3.87. The van der Waals surface area contributed by atoms with E-state index in [1.807, 2.05) is 6.92 Å². The van der Waals surface area contributed by atoms with E-state index in [2.05, 4.69) is 17.3 Å². The van der Waals surface area contributed by atoms with Gasteiger partial charge in [0.1, 0.15) is 0 Å². The highest BCUT2D eigenvalue weighted by atomic mass is 16.1. The van der Waals surface area contributed by atoms with Crippen molar-refractivity contribution in [2.75, 3.05) is 26.7 Å². The second-order valence-electron chi connectivity index (χ2n) is 3.51. The van der Waals surface area contributed by atoms with E-state index in [1.165, 1.54) is 0 Å². The van der Waals surface area contributed by atoms with Crippen molar-refractivity contribution in [2.24, 2.45) is 11.7 Å². The number of likely N-dealkylation sites (N-methyl/N-ethyl adjacent to an activating group) is 1. The number of nitrogens with one attached hydrogen (secondary N) is 1. The molecule has 0 bridgehead atoms. The van der Waals surface area contributed by atoms with Gasteiger partial charge in [-0.2, -0.15) is 0 Å². The molecular formula is C8H17N3O. The van der Waals surface area contributed by atoms with Crippen LogP contribution in [0.25, 0.3) is 0 Å². The molecule has 1 saturated heterocycles. The summed E-state index contributed by atoms with van der Waals surface area (Å²) >= 11 is 0. The number of rotatable bonds is 2. The highest BCUT2D eigenvalue weighted by Gasteiger charge is 2.25. The van der Waals surface area contributed by atoms with Crippen LogP contribution in [0.1, 0.15) is 6.92 Å². The smallest absolute Gasteiger partial charge is 0.221 e. The minimum absolute atomic E-state index is 0.0762. The summed E-state index contributed by atoms with van der Waals surface area (Å²) in [6.07, 6.45) is 0. The number of carbonyl (C=O) groups excluding carboxylic acids is 1. The Morgan fingerprint density at radius 2 is 2.42 bits per heavy atom. The highest BCUT2D eigenvalue weighted by molar-refractivity contribution is 5.77. The predicted molar refractivity (Wildman–Crippen MR) is 47.6 cm³/mol. The van der Waals surface area contributed by atoms with Gasteiger partial charge in [-0.3, -0.25) is 4.79 Å². The number of nitrogens with zero attached hydrogens (tertiary/aromatic N) is 1. The van der Waals surface area contributed by atoms with Gasteiger partial charge in [-0.05, 0) is 7.05 Å². The van der Waals surface area contributed by atoms with Crippen molar-refractivity contribution in [3.63, 3.8) is 0 Å². The summed E-state index contributed by atoms with van der Waals surface area (Å²) in [6, 6.07) is 0.223. The topological polar surface area (TPSA) is 58.4 Å². The lowest BCUT2D eigenvalue weighted by molar-refractivity contribution is -0.122. The Hall–Kier alpha value is -0.610. The van der Waals surface area contributed by atoms with Crippen LogP contribution in [-0.4, -0.2) is 43.5 Å². The van der Waals surface area contributed by atoms with E-state index in [1.54, 1.807) is 0 Å². The quantitative estimate of drug-likeness (QED) is 0.561. The third kappa shape index (κ3) is 2.19. The first kappa shape index (κ1) is 9.48. The zero-order valence-electron chi connectivity index (χ0n) is 7.71. The van der Waals surface area contributed by atoms with Crippen LogP contribution in [0.2, 0.25) is 0 Å². The Labute approximate surface area is 73.1 Å². The van der Waals surface area contributed by atoms with E-state index in [-0.39, 0.29) is 17.9 Å². The predicted octanol–water partition coefficient (Wildman–Crippen LogP) is -0.989. The maximum atomic E-state index is 10.9. The number of hydrogen-bond acceptors (Lipinski definition) is 3. The highest BCUT2D eigenvalue weighted by Crippen LogP contribution is 2.06. The number of carbonyl (C=O) groups is 1. The van der Waals surface area contributed by atoms with Crippen molar-refractivity contribution in [1.82, 2.24) is 10.2 Å². The number of amides is 1. The first-order valence-corrected chi connectivity index (χ1v) is 4.32.